The van der Waals surface area contributed by atoms with Gasteiger partial charge < -0.3 is 9.80 Å². The van der Waals surface area contributed by atoms with Gasteiger partial charge in [-0.25, -0.2) is 4.39 Å². The lowest BCUT2D eigenvalue weighted by molar-refractivity contribution is 0.313. The van der Waals surface area contributed by atoms with Gasteiger partial charge >= 0.3 is 0 Å². The third kappa shape index (κ3) is 3.48. The van der Waals surface area contributed by atoms with E-state index in [0.717, 1.165) is 42.1 Å². The van der Waals surface area contributed by atoms with Crippen LogP contribution in [0.2, 0.25) is 0 Å². The summed E-state index contributed by atoms with van der Waals surface area (Å²) in [5.41, 5.74) is 4.08. The fourth-order valence-electron chi connectivity index (χ4n) is 4.05. The van der Waals surface area contributed by atoms with Gasteiger partial charge in [-0.1, -0.05) is 24.3 Å². The molecule has 8 heteroatoms. The molecule has 5 rings (SSSR count). The van der Waals surface area contributed by atoms with Gasteiger partial charge in [-0.2, -0.15) is 14.9 Å². The Hall–Kier alpha value is -3.52. The van der Waals surface area contributed by atoms with Crippen molar-refractivity contribution in [2.45, 2.75) is 6.92 Å². The van der Waals surface area contributed by atoms with E-state index < -0.39 is 11.4 Å². The Morgan fingerprint density at radius 1 is 1.03 bits per heavy atom. The summed E-state index contributed by atoms with van der Waals surface area (Å²) in [5.74, 6) is -0.490. The predicted molar refractivity (Wildman–Crippen MR) is 119 cm³/mol. The van der Waals surface area contributed by atoms with Crippen molar-refractivity contribution >= 4 is 16.7 Å². The summed E-state index contributed by atoms with van der Waals surface area (Å²) in [4.78, 5) is 17.3. The van der Waals surface area contributed by atoms with Gasteiger partial charge in [-0.05, 0) is 37.7 Å². The van der Waals surface area contributed by atoms with Crippen LogP contribution in [0.25, 0.3) is 28.0 Å². The molecule has 0 saturated carbocycles. The second-order valence-electron chi connectivity index (χ2n) is 7.97. The van der Waals surface area contributed by atoms with Gasteiger partial charge in [0.15, 0.2) is 0 Å². The lowest BCUT2D eigenvalue weighted by Gasteiger charge is -2.34. The van der Waals surface area contributed by atoms with Gasteiger partial charge in [0.25, 0.3) is 5.56 Å². The maximum Gasteiger partial charge on any atom is 0.273 e. The van der Waals surface area contributed by atoms with E-state index in [0.29, 0.717) is 22.3 Å². The van der Waals surface area contributed by atoms with E-state index in [-0.39, 0.29) is 5.69 Å². The van der Waals surface area contributed by atoms with E-state index in [4.69, 9.17) is 0 Å². The average molecular weight is 418 g/mol. The van der Waals surface area contributed by atoms with Gasteiger partial charge in [0, 0.05) is 43.5 Å². The highest BCUT2D eigenvalue weighted by molar-refractivity contribution is 5.89. The van der Waals surface area contributed by atoms with Gasteiger partial charge in [-0.15, -0.1) is 0 Å². The van der Waals surface area contributed by atoms with E-state index in [1.807, 2.05) is 12.1 Å². The number of nitrogens with one attached hydrogen (secondary N) is 1. The predicted octanol–water partition coefficient (Wildman–Crippen LogP) is 2.98. The monoisotopic (exact) mass is 418 g/mol. The topological polar surface area (TPSA) is 70.1 Å². The summed E-state index contributed by atoms with van der Waals surface area (Å²) in [6, 6.07) is 14.3. The standard InChI is InChI=1S/C23H23FN6O/c1-15-5-3-8-18(24)23(15)30-20(31)14-19-22(27-30)21(26-25-19)16-6-4-7-17(13-16)29-11-9-28(2)10-12-29/h3-8,13-14,25H,9-12H2,1-2H3. The number of halogens is 1. The lowest BCUT2D eigenvalue weighted by atomic mass is 10.1. The fraction of sp³-hybridized carbons (Fsp3) is 0.261. The number of nitrogens with zero attached hydrogens (tertiary/aromatic N) is 5. The van der Waals surface area contributed by atoms with Crippen LogP contribution in [-0.2, 0) is 0 Å². The zero-order valence-electron chi connectivity index (χ0n) is 17.5. The smallest absolute Gasteiger partial charge is 0.273 e. The molecule has 0 amide bonds. The Morgan fingerprint density at radius 2 is 1.81 bits per heavy atom. The zero-order valence-corrected chi connectivity index (χ0v) is 17.5. The number of rotatable bonds is 3. The third-order valence-electron chi connectivity index (χ3n) is 5.83. The molecular weight excluding hydrogens is 395 g/mol. The summed E-state index contributed by atoms with van der Waals surface area (Å²) >= 11 is 0. The van der Waals surface area contributed by atoms with E-state index >= 15 is 0 Å². The Labute approximate surface area is 178 Å². The maximum absolute atomic E-state index is 14.5. The molecule has 4 aromatic rings. The average Bonchev–Trinajstić information content (AvgIpc) is 3.17. The number of likely N-dealkylation sites (N-methyl/N-ethyl adjacent to an activating group) is 1. The van der Waals surface area contributed by atoms with E-state index in [2.05, 4.69) is 44.3 Å². The molecule has 0 radical (unpaired) electrons. The highest BCUT2D eigenvalue weighted by Crippen LogP contribution is 2.28. The minimum Gasteiger partial charge on any atom is -0.369 e. The molecule has 1 aliphatic rings. The maximum atomic E-state index is 14.5. The number of para-hydroxylation sites is 1. The van der Waals surface area contributed by atoms with Crippen molar-refractivity contribution in [2.75, 3.05) is 38.1 Å². The molecule has 1 fully saturated rings. The summed E-state index contributed by atoms with van der Waals surface area (Å²) in [6.45, 7) is 5.72. The normalized spacial score (nSPS) is 15.0. The summed E-state index contributed by atoms with van der Waals surface area (Å²) in [7, 11) is 2.13. The summed E-state index contributed by atoms with van der Waals surface area (Å²) in [6.07, 6.45) is 0. The molecule has 0 spiro atoms. The molecule has 0 aliphatic carbocycles. The molecule has 158 valence electrons. The number of fused-ring (bicyclic) bond motifs is 1. The number of aromatic nitrogens is 4. The third-order valence-corrected chi connectivity index (χ3v) is 5.83. The first-order valence-corrected chi connectivity index (χ1v) is 10.3. The molecule has 0 bridgehead atoms. The molecule has 0 unspecified atom stereocenters. The van der Waals surface area contributed by atoms with Crippen LogP contribution >= 0.6 is 0 Å². The van der Waals surface area contributed by atoms with Crippen molar-refractivity contribution in [3.05, 3.63) is 70.3 Å². The molecule has 2 aromatic carbocycles. The SMILES string of the molecule is Cc1cccc(F)c1-n1nc2c(-c3cccc(N4CCN(C)CC4)c3)n[nH]c2cc1=O. The van der Waals surface area contributed by atoms with Crippen molar-refractivity contribution < 1.29 is 4.39 Å². The Morgan fingerprint density at radius 3 is 2.58 bits per heavy atom. The van der Waals surface area contributed by atoms with E-state index in [1.54, 1.807) is 19.1 Å². The number of aryl methyl sites for hydroxylation is 1. The number of aromatic amines is 1. The van der Waals surface area contributed by atoms with Gasteiger partial charge in [0.2, 0.25) is 0 Å². The Kier molecular flexibility index (Phi) is 4.78. The van der Waals surface area contributed by atoms with Crippen LogP contribution in [-0.4, -0.2) is 58.1 Å². The van der Waals surface area contributed by atoms with Crippen LogP contribution in [0.1, 0.15) is 5.56 Å². The molecule has 1 N–H and O–H groups in total. The molecule has 1 saturated heterocycles. The van der Waals surface area contributed by atoms with E-state index in [9.17, 15) is 9.18 Å². The Balaban J connectivity index is 1.61. The molecule has 0 atom stereocenters. The van der Waals surface area contributed by atoms with Crippen molar-refractivity contribution in [3.63, 3.8) is 0 Å². The molecule has 1 aliphatic heterocycles. The minimum atomic E-state index is -0.490. The second-order valence-corrected chi connectivity index (χ2v) is 7.97. The number of hydrogen-bond acceptors (Lipinski definition) is 5. The molecule has 31 heavy (non-hydrogen) atoms. The minimum absolute atomic E-state index is 0.160. The highest BCUT2D eigenvalue weighted by atomic mass is 19.1. The number of piperazine rings is 1. The van der Waals surface area contributed by atoms with E-state index in [1.165, 1.54) is 12.1 Å². The number of hydrogen-bond donors (Lipinski definition) is 1. The fourth-order valence-corrected chi connectivity index (χ4v) is 4.05. The van der Waals surface area contributed by atoms with Crippen LogP contribution in [0.5, 0.6) is 0 Å². The molecule has 3 heterocycles. The van der Waals surface area contributed by atoms with Crippen LogP contribution in [0.15, 0.2) is 53.3 Å². The largest absolute Gasteiger partial charge is 0.369 e. The van der Waals surface area contributed by atoms with Gasteiger partial charge in [-0.3, -0.25) is 9.89 Å². The van der Waals surface area contributed by atoms with Gasteiger partial charge in [0.05, 0.1) is 5.52 Å². The Bertz CT molecular complexity index is 1300. The summed E-state index contributed by atoms with van der Waals surface area (Å²) in [5, 5.41) is 11.8. The molecule has 2 aromatic heterocycles. The zero-order chi connectivity index (χ0) is 21.5. The second kappa shape index (κ2) is 7.63. The first-order chi connectivity index (χ1) is 15.0. The first kappa shape index (κ1) is 19.4. The lowest BCUT2D eigenvalue weighted by Crippen LogP contribution is -2.44. The quantitative estimate of drug-likeness (QED) is 0.554. The van der Waals surface area contributed by atoms with Crippen molar-refractivity contribution in [1.29, 1.82) is 0 Å². The number of anilines is 1. The summed E-state index contributed by atoms with van der Waals surface area (Å²) < 4.78 is 15.6. The van der Waals surface area contributed by atoms with Gasteiger partial charge in [0.1, 0.15) is 22.7 Å². The van der Waals surface area contributed by atoms with Crippen LogP contribution < -0.4 is 10.5 Å². The highest BCUT2D eigenvalue weighted by Gasteiger charge is 2.18. The first-order valence-electron chi connectivity index (χ1n) is 10.3. The molecule has 7 nitrogen and oxygen atoms in total. The van der Waals surface area contributed by atoms with Crippen LogP contribution in [0, 0.1) is 12.7 Å². The molecular formula is C23H23FN6O. The van der Waals surface area contributed by atoms with Crippen molar-refractivity contribution in [3.8, 4) is 16.9 Å². The van der Waals surface area contributed by atoms with Crippen molar-refractivity contribution in [1.82, 2.24) is 24.9 Å². The van der Waals surface area contributed by atoms with Crippen LogP contribution in [0.4, 0.5) is 10.1 Å². The number of benzene rings is 2. The van der Waals surface area contributed by atoms with Crippen molar-refractivity contribution in [2.24, 2.45) is 0 Å². The van der Waals surface area contributed by atoms with Crippen LogP contribution in [0.3, 0.4) is 0 Å². The number of H-pyrrole nitrogens is 1.